The lowest BCUT2D eigenvalue weighted by molar-refractivity contribution is 0.560. The van der Waals surface area contributed by atoms with Crippen molar-refractivity contribution in [2.24, 2.45) is 11.1 Å². The molecule has 0 aliphatic rings. The van der Waals surface area contributed by atoms with Crippen LogP contribution in [0.1, 0.15) is 19.4 Å². The Hall–Kier alpha value is -0.650. The highest BCUT2D eigenvalue weighted by Gasteiger charge is 2.15. The van der Waals surface area contributed by atoms with Crippen LogP contribution in [0.5, 0.6) is 0 Å². The largest absolute Gasteiger partial charge is 0.238 e. The van der Waals surface area contributed by atoms with Gasteiger partial charge in [-0.1, -0.05) is 19.9 Å². The molecule has 0 aromatic heterocycles. The summed E-state index contributed by atoms with van der Waals surface area (Å²) in [5.74, 6) is -0.378. The highest BCUT2D eigenvalue weighted by molar-refractivity contribution is 7.89. The van der Waals surface area contributed by atoms with Crippen LogP contribution in [0, 0.1) is 11.7 Å². The first-order chi connectivity index (χ1) is 7.71. The fourth-order valence-corrected chi connectivity index (χ4v) is 2.01. The van der Waals surface area contributed by atoms with E-state index in [1.165, 1.54) is 12.1 Å². The molecule has 0 aliphatic heterocycles. The van der Waals surface area contributed by atoms with Gasteiger partial charge in [0.25, 0.3) is 0 Å². The fourth-order valence-electron chi connectivity index (χ4n) is 1.32. The van der Waals surface area contributed by atoms with Crippen molar-refractivity contribution in [2.75, 3.05) is 0 Å². The van der Waals surface area contributed by atoms with Gasteiger partial charge in [-0.25, -0.2) is 17.9 Å². The maximum Gasteiger partial charge on any atom is 0.238 e. The van der Waals surface area contributed by atoms with E-state index in [1.54, 1.807) is 0 Å². The van der Waals surface area contributed by atoms with Crippen molar-refractivity contribution in [3.05, 3.63) is 29.6 Å². The van der Waals surface area contributed by atoms with Crippen molar-refractivity contribution < 1.29 is 12.8 Å². The molecular weight excluding hydrogens is 265 g/mol. The molecule has 0 spiro atoms. The van der Waals surface area contributed by atoms with Gasteiger partial charge in [0, 0.05) is 5.38 Å². The van der Waals surface area contributed by atoms with Crippen molar-refractivity contribution in [3.63, 3.8) is 0 Å². The number of hydrogen-bond donors (Lipinski definition) is 1. The van der Waals surface area contributed by atoms with Crippen LogP contribution < -0.4 is 5.14 Å². The van der Waals surface area contributed by atoms with E-state index in [9.17, 15) is 12.8 Å². The smallest absolute Gasteiger partial charge is 0.225 e. The molecule has 1 aromatic carbocycles. The summed E-state index contributed by atoms with van der Waals surface area (Å²) < 4.78 is 35.6. The van der Waals surface area contributed by atoms with Gasteiger partial charge in [0.1, 0.15) is 5.82 Å². The number of rotatable bonds is 4. The van der Waals surface area contributed by atoms with Gasteiger partial charge >= 0.3 is 0 Å². The highest BCUT2D eigenvalue weighted by atomic mass is 35.5. The normalized spacial score (nSPS) is 14.0. The minimum atomic E-state index is -3.86. The lowest BCUT2D eigenvalue weighted by Gasteiger charge is -2.13. The molecule has 1 atom stereocenters. The second-order valence-electron chi connectivity index (χ2n) is 4.26. The van der Waals surface area contributed by atoms with E-state index in [4.69, 9.17) is 16.7 Å². The maximum absolute atomic E-state index is 13.6. The number of hydrogen-bond acceptors (Lipinski definition) is 2. The molecule has 17 heavy (non-hydrogen) atoms. The molecule has 1 aromatic rings. The molecule has 0 heterocycles. The second-order valence-corrected chi connectivity index (χ2v) is 6.38. The molecule has 6 heteroatoms. The molecule has 96 valence electrons. The Morgan fingerprint density at radius 2 is 2.00 bits per heavy atom. The molecule has 0 fully saturated rings. The van der Waals surface area contributed by atoms with E-state index < -0.39 is 15.8 Å². The van der Waals surface area contributed by atoms with Gasteiger partial charge in [0.2, 0.25) is 10.0 Å². The molecule has 1 rings (SSSR count). The van der Waals surface area contributed by atoms with Crippen molar-refractivity contribution in [1.29, 1.82) is 0 Å². The van der Waals surface area contributed by atoms with Gasteiger partial charge in [0.15, 0.2) is 0 Å². The van der Waals surface area contributed by atoms with Gasteiger partial charge in [0.05, 0.1) is 4.90 Å². The molecule has 1 unspecified atom stereocenters. The number of benzene rings is 1. The van der Waals surface area contributed by atoms with E-state index in [2.05, 4.69) is 0 Å². The monoisotopic (exact) mass is 279 g/mol. The summed E-state index contributed by atoms with van der Waals surface area (Å²) in [5.41, 5.74) is 0.395. The molecule has 2 N–H and O–H groups in total. The first kappa shape index (κ1) is 14.4. The predicted molar refractivity (Wildman–Crippen MR) is 66.0 cm³/mol. The summed E-state index contributed by atoms with van der Waals surface area (Å²) in [6.45, 7) is 3.88. The van der Waals surface area contributed by atoms with Crippen LogP contribution in [0.2, 0.25) is 0 Å². The summed E-state index contributed by atoms with van der Waals surface area (Å²) in [7, 11) is -3.86. The summed E-state index contributed by atoms with van der Waals surface area (Å²) in [6, 6.07) is 3.62. The van der Waals surface area contributed by atoms with E-state index in [0.717, 1.165) is 6.07 Å². The number of halogens is 2. The number of nitrogens with two attached hydrogens (primary N) is 1. The topological polar surface area (TPSA) is 60.2 Å². The first-order valence-corrected chi connectivity index (χ1v) is 7.15. The van der Waals surface area contributed by atoms with Crippen molar-refractivity contribution in [2.45, 2.75) is 30.5 Å². The Balaban J connectivity index is 2.99. The summed E-state index contributed by atoms with van der Waals surface area (Å²) in [6.07, 6.45) is 0.357. The van der Waals surface area contributed by atoms with E-state index in [1.807, 2.05) is 13.8 Å². The molecule has 0 saturated heterocycles. The van der Waals surface area contributed by atoms with Gasteiger partial charge in [-0.15, -0.1) is 11.6 Å². The lowest BCUT2D eigenvalue weighted by Crippen LogP contribution is -2.15. The van der Waals surface area contributed by atoms with Crippen LogP contribution in [0.3, 0.4) is 0 Å². The minimum absolute atomic E-state index is 0.190. The Morgan fingerprint density at radius 1 is 1.41 bits per heavy atom. The minimum Gasteiger partial charge on any atom is -0.225 e. The third-order valence-corrected chi connectivity index (χ3v) is 4.06. The zero-order chi connectivity index (χ0) is 13.2. The summed E-state index contributed by atoms with van der Waals surface area (Å²) in [4.78, 5) is -0.227. The molecule has 0 radical (unpaired) electrons. The Bertz CT molecular complexity index is 502. The molecular formula is C11H15ClFNO2S. The van der Waals surface area contributed by atoms with Gasteiger partial charge in [-0.3, -0.25) is 0 Å². The van der Waals surface area contributed by atoms with E-state index in [-0.39, 0.29) is 16.2 Å². The maximum atomic E-state index is 13.6. The van der Waals surface area contributed by atoms with Crippen LogP contribution in [0.4, 0.5) is 4.39 Å². The summed E-state index contributed by atoms with van der Waals surface area (Å²) in [5, 5.41) is 4.71. The molecule has 0 bridgehead atoms. The SMILES string of the molecule is CC(C)C(Cl)Cc1ccc(S(N)(=O)=O)cc1F. The van der Waals surface area contributed by atoms with Crippen LogP contribution in [0.25, 0.3) is 0 Å². The van der Waals surface area contributed by atoms with Crippen LogP contribution in [0.15, 0.2) is 23.1 Å². The Labute approximate surface area is 106 Å². The standard InChI is InChI=1S/C11H15ClFNO2S/c1-7(2)10(12)5-8-3-4-9(6-11(8)13)17(14,15)16/h3-4,6-7,10H,5H2,1-2H3,(H2,14,15,16). The van der Waals surface area contributed by atoms with Gasteiger partial charge < -0.3 is 0 Å². The third kappa shape index (κ3) is 3.94. The van der Waals surface area contributed by atoms with Crippen molar-refractivity contribution in [3.8, 4) is 0 Å². The van der Waals surface area contributed by atoms with Crippen molar-refractivity contribution >= 4 is 21.6 Å². The number of sulfonamides is 1. The molecule has 0 amide bonds. The zero-order valence-corrected chi connectivity index (χ0v) is 11.2. The molecule has 3 nitrogen and oxygen atoms in total. The van der Waals surface area contributed by atoms with Crippen molar-refractivity contribution in [1.82, 2.24) is 0 Å². The first-order valence-electron chi connectivity index (χ1n) is 5.17. The van der Waals surface area contributed by atoms with Crippen LogP contribution in [-0.4, -0.2) is 13.8 Å². The quantitative estimate of drug-likeness (QED) is 0.860. The Morgan fingerprint density at radius 3 is 2.41 bits per heavy atom. The number of primary sulfonamides is 1. The highest BCUT2D eigenvalue weighted by Crippen LogP contribution is 2.20. The lowest BCUT2D eigenvalue weighted by atomic mass is 10.0. The third-order valence-electron chi connectivity index (χ3n) is 2.49. The fraction of sp³-hybridized carbons (Fsp3) is 0.455. The van der Waals surface area contributed by atoms with Crippen LogP contribution in [-0.2, 0) is 16.4 Å². The van der Waals surface area contributed by atoms with Gasteiger partial charge in [-0.05, 0) is 30.0 Å². The average molecular weight is 280 g/mol. The van der Waals surface area contributed by atoms with Crippen LogP contribution >= 0.6 is 11.6 Å². The predicted octanol–water partition coefficient (Wildman–Crippen LogP) is 2.28. The van der Waals surface area contributed by atoms with Gasteiger partial charge in [-0.2, -0.15) is 0 Å². The summed E-state index contributed by atoms with van der Waals surface area (Å²) >= 11 is 6.04. The zero-order valence-electron chi connectivity index (χ0n) is 9.65. The molecule has 0 aliphatic carbocycles. The van der Waals surface area contributed by atoms with E-state index in [0.29, 0.717) is 12.0 Å². The second kappa shape index (κ2) is 5.33. The Kier molecular flexibility index (Phi) is 4.52. The average Bonchev–Trinajstić information content (AvgIpc) is 2.19. The number of alkyl halides is 1. The van der Waals surface area contributed by atoms with E-state index >= 15 is 0 Å². The molecule has 0 saturated carbocycles.